The first-order valence-corrected chi connectivity index (χ1v) is 6.36. The van der Waals surface area contributed by atoms with Crippen LogP contribution in [0, 0.1) is 23.7 Å². The fourth-order valence-corrected chi connectivity index (χ4v) is 1.30. The third kappa shape index (κ3) is 5.76. The van der Waals surface area contributed by atoms with Gasteiger partial charge < -0.3 is 4.74 Å². The first kappa shape index (κ1) is 15.3. The summed E-state index contributed by atoms with van der Waals surface area (Å²) in [4.78, 5) is 11.6. The van der Waals surface area contributed by atoms with Crippen LogP contribution in [0.5, 0.6) is 5.75 Å². The van der Waals surface area contributed by atoms with Crippen LogP contribution in [0.25, 0.3) is 0 Å². The number of hydrogen-bond acceptors (Lipinski definition) is 2. The fraction of sp³-hybridized carbons (Fsp3) is 0.167. The molecule has 0 spiro atoms. The van der Waals surface area contributed by atoms with Crippen LogP contribution < -0.4 is 4.74 Å². The minimum Gasteiger partial charge on any atom is -0.422 e. The number of carbonyl (C=O) groups excluding carboxylic acids is 1. The summed E-state index contributed by atoms with van der Waals surface area (Å²) in [7, 11) is 0. The van der Waals surface area contributed by atoms with Crippen LogP contribution in [0.15, 0.2) is 49.1 Å². The van der Waals surface area contributed by atoms with Gasteiger partial charge in [-0.2, -0.15) is 0 Å². The number of carbonyl (C=O) groups is 1. The van der Waals surface area contributed by atoms with Gasteiger partial charge in [0.2, 0.25) is 0 Å². The van der Waals surface area contributed by atoms with Crippen molar-refractivity contribution in [1.82, 2.24) is 0 Å². The highest BCUT2D eigenvalue weighted by molar-refractivity contribution is 5.85. The van der Waals surface area contributed by atoms with Crippen molar-refractivity contribution in [2.45, 2.75) is 19.8 Å². The summed E-state index contributed by atoms with van der Waals surface area (Å²) in [5, 5.41) is 0. The minimum absolute atomic E-state index is 0.429. The standard InChI is InChI=1S/C18H16O2/c1-3-5-7-8-9-15-18(19)20-17-14-11-10-13-16(17)12-6-4-2/h4,9-11,13-15H,2-3,5H2,1H3/b15-9-. The van der Waals surface area contributed by atoms with Crippen molar-refractivity contribution < 1.29 is 9.53 Å². The zero-order valence-corrected chi connectivity index (χ0v) is 11.5. The highest BCUT2D eigenvalue weighted by Gasteiger charge is 2.04. The van der Waals surface area contributed by atoms with Crippen molar-refractivity contribution in [2.24, 2.45) is 0 Å². The summed E-state index contributed by atoms with van der Waals surface area (Å²) in [6.07, 6.45) is 6.11. The Labute approximate surface area is 120 Å². The molecule has 0 aliphatic heterocycles. The van der Waals surface area contributed by atoms with Crippen molar-refractivity contribution in [3.05, 3.63) is 54.6 Å². The number of hydrogen-bond donors (Lipinski definition) is 0. The van der Waals surface area contributed by atoms with Gasteiger partial charge in [0.05, 0.1) is 5.56 Å². The van der Waals surface area contributed by atoms with Gasteiger partial charge in [0, 0.05) is 12.5 Å². The quantitative estimate of drug-likeness (QED) is 0.361. The number of esters is 1. The zero-order chi connectivity index (χ0) is 14.6. The summed E-state index contributed by atoms with van der Waals surface area (Å²) < 4.78 is 5.22. The van der Waals surface area contributed by atoms with Crippen LogP contribution in [0.1, 0.15) is 25.3 Å². The summed E-state index contributed by atoms with van der Waals surface area (Å²) in [5.74, 6) is 11.2. The number of benzene rings is 1. The van der Waals surface area contributed by atoms with E-state index >= 15 is 0 Å². The van der Waals surface area contributed by atoms with E-state index in [0.29, 0.717) is 11.3 Å². The van der Waals surface area contributed by atoms with Gasteiger partial charge in [0.1, 0.15) is 5.75 Å². The van der Waals surface area contributed by atoms with E-state index in [1.807, 2.05) is 13.0 Å². The normalized spacial score (nSPS) is 9.05. The molecule has 0 aromatic heterocycles. The molecule has 0 unspecified atom stereocenters. The molecule has 2 nitrogen and oxygen atoms in total. The molecular weight excluding hydrogens is 248 g/mol. The van der Waals surface area contributed by atoms with Crippen LogP contribution in [-0.2, 0) is 4.79 Å². The first-order chi connectivity index (χ1) is 9.77. The minimum atomic E-state index is -0.469. The lowest BCUT2D eigenvalue weighted by Gasteiger charge is -2.03. The molecule has 0 N–H and O–H groups in total. The van der Waals surface area contributed by atoms with Gasteiger partial charge in [-0.1, -0.05) is 49.3 Å². The largest absolute Gasteiger partial charge is 0.422 e. The summed E-state index contributed by atoms with van der Waals surface area (Å²) in [6.45, 7) is 5.57. The van der Waals surface area contributed by atoms with Gasteiger partial charge in [0.15, 0.2) is 0 Å². The van der Waals surface area contributed by atoms with Crippen molar-refractivity contribution in [3.8, 4) is 29.4 Å². The molecule has 0 fully saturated rings. The van der Waals surface area contributed by atoms with Crippen molar-refractivity contribution in [3.63, 3.8) is 0 Å². The molecule has 0 heterocycles. The molecule has 0 aliphatic carbocycles. The Morgan fingerprint density at radius 1 is 1.35 bits per heavy atom. The molecule has 0 radical (unpaired) electrons. The van der Waals surface area contributed by atoms with E-state index in [9.17, 15) is 4.79 Å². The lowest BCUT2D eigenvalue weighted by atomic mass is 10.2. The highest BCUT2D eigenvalue weighted by atomic mass is 16.5. The topological polar surface area (TPSA) is 26.3 Å². The number of rotatable bonds is 3. The molecule has 0 saturated carbocycles. The molecule has 0 atom stereocenters. The van der Waals surface area contributed by atoms with Gasteiger partial charge in [-0.05, 0) is 30.7 Å². The average molecular weight is 264 g/mol. The molecule has 100 valence electrons. The van der Waals surface area contributed by atoms with Crippen LogP contribution in [0.3, 0.4) is 0 Å². The van der Waals surface area contributed by atoms with E-state index in [-0.39, 0.29) is 0 Å². The maximum Gasteiger partial charge on any atom is 0.336 e. The number of unbranched alkanes of at least 4 members (excludes halogenated alkanes) is 1. The second-order valence-corrected chi connectivity index (χ2v) is 3.80. The Morgan fingerprint density at radius 2 is 2.15 bits per heavy atom. The van der Waals surface area contributed by atoms with Gasteiger partial charge in [-0.15, -0.1) is 0 Å². The molecule has 1 aromatic carbocycles. The lowest BCUT2D eigenvalue weighted by Crippen LogP contribution is -2.04. The Morgan fingerprint density at radius 3 is 2.90 bits per heavy atom. The maximum absolute atomic E-state index is 11.6. The SMILES string of the molecule is C=CC#Cc1ccccc1OC(=O)/C=C\C#CCCC. The molecular formula is C18H16O2. The Hall–Kier alpha value is -2.71. The van der Waals surface area contributed by atoms with E-state index in [4.69, 9.17) is 4.74 Å². The Balaban J connectivity index is 2.72. The third-order valence-electron chi connectivity index (χ3n) is 2.19. The van der Waals surface area contributed by atoms with E-state index < -0.39 is 5.97 Å². The fourth-order valence-electron chi connectivity index (χ4n) is 1.30. The first-order valence-electron chi connectivity index (χ1n) is 6.36. The maximum atomic E-state index is 11.6. The van der Waals surface area contributed by atoms with E-state index in [1.165, 1.54) is 18.2 Å². The second kappa shape index (κ2) is 9.25. The molecule has 0 amide bonds. The van der Waals surface area contributed by atoms with Crippen LogP contribution in [0.2, 0.25) is 0 Å². The van der Waals surface area contributed by atoms with Gasteiger partial charge in [0.25, 0.3) is 0 Å². The molecule has 0 saturated heterocycles. The molecule has 0 bridgehead atoms. The predicted octanol–water partition coefficient (Wildman–Crippen LogP) is 3.49. The lowest BCUT2D eigenvalue weighted by molar-refractivity contribution is -0.129. The Kier molecular flexibility index (Phi) is 7.10. The van der Waals surface area contributed by atoms with Crippen LogP contribution in [-0.4, -0.2) is 5.97 Å². The van der Waals surface area contributed by atoms with Gasteiger partial charge in [-0.3, -0.25) is 0 Å². The summed E-state index contributed by atoms with van der Waals surface area (Å²) in [5.41, 5.74) is 0.645. The summed E-state index contributed by atoms with van der Waals surface area (Å²) in [6, 6.07) is 7.09. The average Bonchev–Trinajstić information content (AvgIpc) is 2.46. The predicted molar refractivity (Wildman–Crippen MR) is 81.0 cm³/mol. The third-order valence-corrected chi connectivity index (χ3v) is 2.19. The van der Waals surface area contributed by atoms with Crippen LogP contribution >= 0.6 is 0 Å². The Bertz CT molecular complexity index is 616. The van der Waals surface area contributed by atoms with E-state index in [1.54, 1.807) is 18.2 Å². The number of allylic oxidation sites excluding steroid dienone is 2. The van der Waals surface area contributed by atoms with Gasteiger partial charge >= 0.3 is 5.97 Å². The van der Waals surface area contributed by atoms with Crippen molar-refractivity contribution in [2.75, 3.05) is 0 Å². The summed E-state index contributed by atoms with van der Waals surface area (Å²) >= 11 is 0. The monoisotopic (exact) mass is 264 g/mol. The molecule has 2 heteroatoms. The molecule has 0 aliphatic rings. The second-order valence-electron chi connectivity index (χ2n) is 3.80. The van der Waals surface area contributed by atoms with Crippen molar-refractivity contribution >= 4 is 5.97 Å². The van der Waals surface area contributed by atoms with E-state index in [2.05, 4.69) is 30.3 Å². The number of para-hydroxylation sites is 1. The molecule has 1 rings (SSSR count). The smallest absolute Gasteiger partial charge is 0.336 e. The zero-order valence-electron chi connectivity index (χ0n) is 11.5. The highest BCUT2D eigenvalue weighted by Crippen LogP contribution is 2.16. The molecule has 20 heavy (non-hydrogen) atoms. The molecule has 1 aromatic rings. The van der Waals surface area contributed by atoms with Crippen LogP contribution in [0.4, 0.5) is 0 Å². The number of ether oxygens (including phenoxy) is 1. The van der Waals surface area contributed by atoms with E-state index in [0.717, 1.165) is 12.8 Å². The van der Waals surface area contributed by atoms with Crippen molar-refractivity contribution in [1.29, 1.82) is 0 Å². The van der Waals surface area contributed by atoms with Gasteiger partial charge in [-0.25, -0.2) is 4.79 Å².